The standard InChI is InChI=1S/C48H84O5/c1-3-5-7-9-11-13-15-17-19-21-22-23-24-25-27-28-30-32-34-36-38-40-42-47(50)52-45-46(44-49)53-48(51)43-41-39-37-35-33-31-29-26-20-18-16-14-12-10-8-6-4-2/h6,8,12,14,18,20,29,31,35,37,46,49H,3-5,7,9-11,13,15-17,19,21-28,30,32-34,36,38-45H2,1-2H3/b8-6+,14-12+,20-18+,31-29+,37-35+/t46-/m0/s1. The van der Waals surface area contributed by atoms with Gasteiger partial charge in [-0.25, -0.2) is 0 Å². The minimum absolute atomic E-state index is 0.0881. The maximum atomic E-state index is 12.2. The molecule has 1 N–H and O–H groups in total. The third-order valence-electron chi connectivity index (χ3n) is 9.58. The molecule has 0 aliphatic carbocycles. The Bertz CT molecular complexity index is 930. The molecule has 0 amide bonds. The van der Waals surface area contributed by atoms with Gasteiger partial charge in [-0.1, -0.05) is 209 Å². The molecule has 306 valence electrons. The molecule has 53 heavy (non-hydrogen) atoms. The van der Waals surface area contributed by atoms with E-state index in [1.54, 1.807) is 0 Å². The fourth-order valence-electron chi connectivity index (χ4n) is 6.24. The average molecular weight is 741 g/mol. The number of hydrogen-bond donors (Lipinski definition) is 1. The summed E-state index contributed by atoms with van der Waals surface area (Å²) in [6.45, 7) is 3.99. The summed E-state index contributed by atoms with van der Waals surface area (Å²) in [5.41, 5.74) is 0. The molecule has 0 fully saturated rings. The highest BCUT2D eigenvalue weighted by atomic mass is 16.6. The molecule has 0 saturated heterocycles. The van der Waals surface area contributed by atoms with E-state index in [1.165, 1.54) is 122 Å². The lowest BCUT2D eigenvalue weighted by molar-refractivity contribution is -0.161. The first-order valence-corrected chi connectivity index (χ1v) is 22.3. The molecular weight excluding hydrogens is 657 g/mol. The van der Waals surface area contributed by atoms with E-state index in [-0.39, 0.29) is 31.6 Å². The maximum Gasteiger partial charge on any atom is 0.306 e. The number of carbonyl (C=O) groups is 2. The quantitative estimate of drug-likeness (QED) is 0.0385. The summed E-state index contributed by atoms with van der Waals surface area (Å²) in [5.74, 6) is -0.655. The summed E-state index contributed by atoms with van der Waals surface area (Å²) < 4.78 is 10.6. The van der Waals surface area contributed by atoms with Crippen LogP contribution in [0.15, 0.2) is 60.8 Å². The van der Waals surface area contributed by atoms with Crippen molar-refractivity contribution < 1.29 is 24.2 Å². The lowest BCUT2D eigenvalue weighted by Crippen LogP contribution is -2.28. The van der Waals surface area contributed by atoms with Crippen LogP contribution in [0.1, 0.15) is 213 Å². The van der Waals surface area contributed by atoms with E-state index in [9.17, 15) is 14.7 Å². The van der Waals surface area contributed by atoms with Gasteiger partial charge in [-0.05, 0) is 51.4 Å². The number of aliphatic hydroxyl groups excluding tert-OH is 1. The average Bonchev–Trinajstić information content (AvgIpc) is 3.16. The van der Waals surface area contributed by atoms with Crippen LogP contribution in [0.5, 0.6) is 0 Å². The highest BCUT2D eigenvalue weighted by Crippen LogP contribution is 2.16. The van der Waals surface area contributed by atoms with Gasteiger partial charge in [0.15, 0.2) is 6.10 Å². The van der Waals surface area contributed by atoms with Crippen LogP contribution in [0.2, 0.25) is 0 Å². The van der Waals surface area contributed by atoms with E-state index in [2.05, 4.69) is 74.6 Å². The van der Waals surface area contributed by atoms with Crippen molar-refractivity contribution in [2.24, 2.45) is 0 Å². The minimum atomic E-state index is -0.801. The Morgan fingerprint density at radius 1 is 0.453 bits per heavy atom. The topological polar surface area (TPSA) is 72.8 Å². The zero-order valence-electron chi connectivity index (χ0n) is 34.8. The Hall–Kier alpha value is -2.40. The highest BCUT2D eigenvalue weighted by Gasteiger charge is 2.16. The van der Waals surface area contributed by atoms with Gasteiger partial charge in [0, 0.05) is 12.8 Å². The van der Waals surface area contributed by atoms with Crippen LogP contribution < -0.4 is 0 Å². The van der Waals surface area contributed by atoms with Gasteiger partial charge in [-0.2, -0.15) is 0 Å². The summed E-state index contributed by atoms with van der Waals surface area (Å²) >= 11 is 0. The van der Waals surface area contributed by atoms with E-state index >= 15 is 0 Å². The molecule has 0 heterocycles. The molecule has 5 heteroatoms. The summed E-state index contributed by atoms with van der Waals surface area (Å²) in [5, 5.41) is 9.57. The van der Waals surface area contributed by atoms with Gasteiger partial charge in [0.05, 0.1) is 6.61 Å². The first kappa shape index (κ1) is 50.6. The molecule has 0 aliphatic heterocycles. The molecular formula is C48H84O5. The van der Waals surface area contributed by atoms with Gasteiger partial charge in [0.1, 0.15) is 6.61 Å². The van der Waals surface area contributed by atoms with Crippen LogP contribution in [-0.2, 0) is 19.1 Å². The Balaban J connectivity index is 3.57. The predicted octanol–water partition coefficient (Wildman–Crippen LogP) is 14.3. The SMILES string of the molecule is CC/C=C/C/C=C/C/C=C/C/C=C/C/C=C/CCCC(=O)O[C@@H](CO)COC(=O)CCCCCCCCCCCCCCCCCCCCCCCC. The molecule has 5 nitrogen and oxygen atoms in total. The Kier molecular flexibility index (Phi) is 42.0. The summed E-state index contributed by atoms with van der Waals surface area (Å²) in [6.07, 6.45) is 57.3. The van der Waals surface area contributed by atoms with Gasteiger partial charge in [-0.3, -0.25) is 9.59 Å². The third-order valence-corrected chi connectivity index (χ3v) is 9.58. The number of rotatable bonds is 40. The highest BCUT2D eigenvalue weighted by molar-refractivity contribution is 5.70. The van der Waals surface area contributed by atoms with Gasteiger partial charge >= 0.3 is 11.9 Å². The monoisotopic (exact) mass is 741 g/mol. The van der Waals surface area contributed by atoms with E-state index in [1.807, 2.05) is 0 Å². The first-order chi connectivity index (χ1) is 26.1. The number of unbranched alkanes of at least 4 members (excludes halogenated alkanes) is 22. The molecule has 0 aromatic rings. The third kappa shape index (κ3) is 42.2. The van der Waals surface area contributed by atoms with Crippen LogP contribution in [0.4, 0.5) is 0 Å². The van der Waals surface area contributed by atoms with E-state index in [4.69, 9.17) is 9.47 Å². The van der Waals surface area contributed by atoms with E-state index < -0.39 is 6.10 Å². The molecule has 0 aliphatic rings. The van der Waals surface area contributed by atoms with E-state index in [0.717, 1.165) is 57.8 Å². The Morgan fingerprint density at radius 3 is 1.21 bits per heavy atom. The van der Waals surface area contributed by atoms with Crippen molar-refractivity contribution in [1.82, 2.24) is 0 Å². The van der Waals surface area contributed by atoms with Crippen LogP contribution in [0.25, 0.3) is 0 Å². The van der Waals surface area contributed by atoms with Gasteiger partial charge in [0.25, 0.3) is 0 Å². The second-order valence-corrected chi connectivity index (χ2v) is 14.8. The lowest BCUT2D eigenvalue weighted by atomic mass is 10.0. The number of hydrogen-bond acceptors (Lipinski definition) is 5. The van der Waals surface area contributed by atoms with Crippen molar-refractivity contribution in [2.75, 3.05) is 13.2 Å². The first-order valence-electron chi connectivity index (χ1n) is 22.3. The minimum Gasteiger partial charge on any atom is -0.462 e. The zero-order valence-corrected chi connectivity index (χ0v) is 34.8. The molecule has 0 saturated carbocycles. The fraction of sp³-hybridized carbons (Fsp3) is 0.750. The van der Waals surface area contributed by atoms with Crippen molar-refractivity contribution in [1.29, 1.82) is 0 Å². The van der Waals surface area contributed by atoms with Crippen LogP contribution in [0.3, 0.4) is 0 Å². The van der Waals surface area contributed by atoms with Crippen molar-refractivity contribution in [3.63, 3.8) is 0 Å². The van der Waals surface area contributed by atoms with Crippen molar-refractivity contribution >= 4 is 11.9 Å². The number of ether oxygens (including phenoxy) is 2. The second kappa shape index (κ2) is 44.0. The van der Waals surface area contributed by atoms with Gasteiger partial charge in [0.2, 0.25) is 0 Å². The summed E-state index contributed by atoms with van der Waals surface area (Å²) in [7, 11) is 0. The van der Waals surface area contributed by atoms with Crippen molar-refractivity contribution in [3.8, 4) is 0 Å². The summed E-state index contributed by atoms with van der Waals surface area (Å²) in [6, 6.07) is 0. The summed E-state index contributed by atoms with van der Waals surface area (Å²) in [4.78, 5) is 24.3. The van der Waals surface area contributed by atoms with Crippen molar-refractivity contribution in [2.45, 2.75) is 219 Å². The molecule has 0 radical (unpaired) electrons. The molecule has 1 atom stereocenters. The Morgan fingerprint density at radius 2 is 0.811 bits per heavy atom. The molecule has 0 spiro atoms. The number of carbonyl (C=O) groups excluding carboxylic acids is 2. The van der Waals surface area contributed by atoms with Crippen LogP contribution in [-0.4, -0.2) is 36.4 Å². The number of esters is 2. The maximum absolute atomic E-state index is 12.2. The van der Waals surface area contributed by atoms with Crippen LogP contribution >= 0.6 is 0 Å². The normalized spacial score (nSPS) is 12.7. The molecule has 0 unspecified atom stereocenters. The molecule has 0 bridgehead atoms. The zero-order chi connectivity index (χ0) is 38.6. The van der Waals surface area contributed by atoms with E-state index in [0.29, 0.717) is 12.8 Å². The predicted molar refractivity (Wildman–Crippen MR) is 228 cm³/mol. The molecule has 0 aromatic heterocycles. The van der Waals surface area contributed by atoms with Crippen molar-refractivity contribution in [3.05, 3.63) is 60.8 Å². The smallest absolute Gasteiger partial charge is 0.306 e. The molecule has 0 rings (SSSR count). The number of aliphatic hydroxyl groups is 1. The molecule has 0 aromatic carbocycles. The Labute approximate surface area is 328 Å². The van der Waals surface area contributed by atoms with Gasteiger partial charge in [-0.15, -0.1) is 0 Å². The fourth-order valence-corrected chi connectivity index (χ4v) is 6.24. The second-order valence-electron chi connectivity index (χ2n) is 14.8. The van der Waals surface area contributed by atoms with Crippen LogP contribution in [0, 0.1) is 0 Å². The lowest BCUT2D eigenvalue weighted by Gasteiger charge is -2.15. The largest absolute Gasteiger partial charge is 0.462 e. The number of allylic oxidation sites excluding steroid dienone is 10. The van der Waals surface area contributed by atoms with Gasteiger partial charge < -0.3 is 14.6 Å².